The molecule has 0 radical (unpaired) electrons. The van der Waals surface area contributed by atoms with Gasteiger partial charge in [-0.15, -0.1) is 0 Å². The molecule has 1 aromatic rings. The number of halogens is 2. The number of hydrogen-bond donors (Lipinski definition) is 1. The van der Waals surface area contributed by atoms with E-state index in [0.717, 1.165) is 29.6 Å². The molecule has 0 fully saturated rings. The zero-order valence-electron chi connectivity index (χ0n) is 7.69. The van der Waals surface area contributed by atoms with Crippen LogP contribution in [0.15, 0.2) is 28.7 Å². The van der Waals surface area contributed by atoms with Crippen molar-refractivity contribution in [3.05, 3.63) is 40.1 Å². The van der Waals surface area contributed by atoms with Crippen LogP contribution in [0.4, 0.5) is 4.39 Å². The molecule has 0 bridgehead atoms. The highest BCUT2D eigenvalue weighted by atomic mass is 79.9. The van der Waals surface area contributed by atoms with E-state index in [4.69, 9.17) is 0 Å². The van der Waals surface area contributed by atoms with Gasteiger partial charge in [-0.1, -0.05) is 28.1 Å². The van der Waals surface area contributed by atoms with Crippen LogP contribution in [0, 0.1) is 5.82 Å². The van der Waals surface area contributed by atoms with E-state index in [1.54, 1.807) is 0 Å². The molecule has 1 heterocycles. The number of benzene rings is 1. The molecule has 1 aromatic carbocycles. The first-order chi connectivity index (χ1) is 6.77. The zero-order chi connectivity index (χ0) is 9.97. The second kappa shape index (κ2) is 4.24. The van der Waals surface area contributed by atoms with E-state index in [0.29, 0.717) is 5.56 Å². The smallest absolute Gasteiger partial charge is 0.131 e. The van der Waals surface area contributed by atoms with E-state index >= 15 is 0 Å². The third-order valence-corrected chi connectivity index (χ3v) is 2.80. The van der Waals surface area contributed by atoms with Gasteiger partial charge in [-0.2, -0.15) is 0 Å². The molecular weight excluding hydrogens is 245 g/mol. The van der Waals surface area contributed by atoms with Crippen LogP contribution >= 0.6 is 15.9 Å². The molecule has 0 aliphatic carbocycles. The maximum absolute atomic E-state index is 13.5. The van der Waals surface area contributed by atoms with E-state index in [1.165, 1.54) is 6.07 Å². The van der Waals surface area contributed by atoms with Crippen LogP contribution in [0.1, 0.15) is 12.0 Å². The van der Waals surface area contributed by atoms with Crippen LogP contribution in [0.5, 0.6) is 0 Å². The van der Waals surface area contributed by atoms with Crippen LogP contribution in [0.3, 0.4) is 0 Å². The molecule has 0 amide bonds. The fraction of sp³-hybridized carbons (Fsp3) is 0.273. The van der Waals surface area contributed by atoms with Gasteiger partial charge in [0.1, 0.15) is 5.82 Å². The van der Waals surface area contributed by atoms with Crippen molar-refractivity contribution >= 4 is 21.5 Å². The highest BCUT2D eigenvalue weighted by Crippen LogP contribution is 2.23. The standard InChI is InChI=1S/C11H11BrFN/c12-9-3-4-10(11(13)6-9)8-2-1-5-14-7-8/h2-4,6,14H,1,5,7H2. The van der Waals surface area contributed by atoms with Gasteiger partial charge in [0.25, 0.3) is 0 Å². The first-order valence-electron chi connectivity index (χ1n) is 4.62. The minimum Gasteiger partial charge on any atom is -0.312 e. The molecule has 0 unspecified atom stereocenters. The van der Waals surface area contributed by atoms with Crippen molar-refractivity contribution in [1.82, 2.24) is 5.32 Å². The summed E-state index contributed by atoms with van der Waals surface area (Å²) >= 11 is 3.25. The largest absolute Gasteiger partial charge is 0.312 e. The van der Waals surface area contributed by atoms with Gasteiger partial charge >= 0.3 is 0 Å². The Hall–Kier alpha value is -0.670. The van der Waals surface area contributed by atoms with E-state index < -0.39 is 0 Å². The number of rotatable bonds is 1. The molecule has 74 valence electrons. The Morgan fingerprint density at radius 3 is 2.86 bits per heavy atom. The molecule has 14 heavy (non-hydrogen) atoms. The van der Waals surface area contributed by atoms with E-state index in [9.17, 15) is 4.39 Å². The van der Waals surface area contributed by atoms with Gasteiger partial charge < -0.3 is 5.32 Å². The van der Waals surface area contributed by atoms with Crippen LogP contribution in [0.25, 0.3) is 5.57 Å². The lowest BCUT2D eigenvalue weighted by atomic mass is 10.0. The van der Waals surface area contributed by atoms with Crippen molar-refractivity contribution < 1.29 is 4.39 Å². The average Bonchev–Trinajstić information content (AvgIpc) is 2.19. The van der Waals surface area contributed by atoms with E-state index in [1.807, 2.05) is 12.1 Å². The molecule has 0 saturated carbocycles. The molecule has 1 aliphatic heterocycles. The summed E-state index contributed by atoms with van der Waals surface area (Å²) in [7, 11) is 0. The fourth-order valence-corrected chi connectivity index (χ4v) is 1.93. The monoisotopic (exact) mass is 255 g/mol. The van der Waals surface area contributed by atoms with Crippen molar-refractivity contribution in [2.24, 2.45) is 0 Å². The predicted molar refractivity (Wildman–Crippen MR) is 59.6 cm³/mol. The van der Waals surface area contributed by atoms with E-state index in [2.05, 4.69) is 27.3 Å². The summed E-state index contributed by atoms with van der Waals surface area (Å²) in [4.78, 5) is 0. The normalized spacial score (nSPS) is 16.6. The second-order valence-corrected chi connectivity index (χ2v) is 4.23. The number of hydrogen-bond acceptors (Lipinski definition) is 1. The highest BCUT2D eigenvalue weighted by molar-refractivity contribution is 9.10. The van der Waals surface area contributed by atoms with E-state index in [-0.39, 0.29) is 5.82 Å². The van der Waals surface area contributed by atoms with Crippen LogP contribution in [-0.2, 0) is 0 Å². The third kappa shape index (κ3) is 2.04. The van der Waals surface area contributed by atoms with Crippen LogP contribution in [0.2, 0.25) is 0 Å². The van der Waals surface area contributed by atoms with Crippen molar-refractivity contribution in [3.63, 3.8) is 0 Å². The van der Waals surface area contributed by atoms with Gasteiger partial charge in [0.2, 0.25) is 0 Å². The average molecular weight is 256 g/mol. The Morgan fingerprint density at radius 1 is 1.36 bits per heavy atom. The first-order valence-corrected chi connectivity index (χ1v) is 5.42. The highest BCUT2D eigenvalue weighted by Gasteiger charge is 2.10. The molecular formula is C11H11BrFN. The van der Waals surface area contributed by atoms with Crippen molar-refractivity contribution in [3.8, 4) is 0 Å². The molecule has 2 rings (SSSR count). The topological polar surface area (TPSA) is 12.0 Å². The summed E-state index contributed by atoms with van der Waals surface area (Å²) < 4.78 is 14.3. The lowest BCUT2D eigenvalue weighted by molar-refractivity contribution is 0.620. The van der Waals surface area contributed by atoms with Crippen molar-refractivity contribution in [2.45, 2.75) is 6.42 Å². The van der Waals surface area contributed by atoms with Crippen molar-refractivity contribution in [2.75, 3.05) is 13.1 Å². The maximum Gasteiger partial charge on any atom is 0.131 e. The molecule has 0 saturated heterocycles. The molecule has 0 aromatic heterocycles. The van der Waals surface area contributed by atoms with Gasteiger partial charge in [-0.05, 0) is 30.7 Å². The molecule has 3 heteroatoms. The van der Waals surface area contributed by atoms with Gasteiger partial charge in [0.15, 0.2) is 0 Å². The van der Waals surface area contributed by atoms with Crippen LogP contribution in [-0.4, -0.2) is 13.1 Å². The summed E-state index contributed by atoms with van der Waals surface area (Å²) in [6, 6.07) is 5.19. The SMILES string of the molecule is Fc1cc(Br)ccc1C1=CCCNC1. The lowest BCUT2D eigenvalue weighted by Crippen LogP contribution is -2.21. The molecule has 1 aliphatic rings. The summed E-state index contributed by atoms with van der Waals surface area (Å²) in [5.74, 6) is -0.158. The molecule has 1 N–H and O–H groups in total. The Morgan fingerprint density at radius 2 is 2.21 bits per heavy atom. The van der Waals surface area contributed by atoms with Gasteiger partial charge in [-0.3, -0.25) is 0 Å². The Kier molecular flexibility index (Phi) is 2.99. The predicted octanol–water partition coefficient (Wildman–Crippen LogP) is 2.96. The second-order valence-electron chi connectivity index (χ2n) is 3.32. The summed E-state index contributed by atoms with van der Waals surface area (Å²) in [5.41, 5.74) is 1.77. The van der Waals surface area contributed by atoms with Gasteiger partial charge in [-0.25, -0.2) is 4.39 Å². The fourth-order valence-electron chi connectivity index (χ4n) is 1.60. The quantitative estimate of drug-likeness (QED) is 0.814. The lowest BCUT2D eigenvalue weighted by Gasteiger charge is -2.15. The zero-order valence-corrected chi connectivity index (χ0v) is 9.27. The first kappa shape index (κ1) is 9.87. The number of nitrogens with one attached hydrogen (secondary N) is 1. The van der Waals surface area contributed by atoms with Gasteiger partial charge in [0.05, 0.1) is 0 Å². The summed E-state index contributed by atoms with van der Waals surface area (Å²) in [6.45, 7) is 1.75. The minimum absolute atomic E-state index is 0.158. The Labute approximate surface area is 91.1 Å². The van der Waals surface area contributed by atoms with Crippen LogP contribution < -0.4 is 5.32 Å². The third-order valence-electron chi connectivity index (χ3n) is 2.30. The summed E-state index contributed by atoms with van der Waals surface area (Å²) in [5, 5.41) is 3.23. The Bertz CT molecular complexity index is 374. The molecule has 0 atom stereocenters. The molecule has 0 spiro atoms. The molecule has 1 nitrogen and oxygen atoms in total. The minimum atomic E-state index is -0.158. The maximum atomic E-state index is 13.5. The van der Waals surface area contributed by atoms with Crippen molar-refractivity contribution in [1.29, 1.82) is 0 Å². The Balaban J connectivity index is 2.35. The summed E-state index contributed by atoms with van der Waals surface area (Å²) in [6.07, 6.45) is 3.08. The van der Waals surface area contributed by atoms with Gasteiger partial charge in [0, 0.05) is 16.6 Å².